The van der Waals surface area contributed by atoms with Crippen molar-refractivity contribution in [2.24, 2.45) is 0 Å². The highest BCUT2D eigenvalue weighted by atomic mass is 16.5. The van der Waals surface area contributed by atoms with Gasteiger partial charge in [-0.2, -0.15) is 0 Å². The summed E-state index contributed by atoms with van der Waals surface area (Å²) in [7, 11) is 0. The number of hydrogen-bond acceptors (Lipinski definition) is 5. The van der Waals surface area contributed by atoms with Crippen molar-refractivity contribution in [3.63, 3.8) is 0 Å². The van der Waals surface area contributed by atoms with Crippen LogP contribution in [0.25, 0.3) is 0 Å². The van der Waals surface area contributed by atoms with Gasteiger partial charge >= 0.3 is 6.03 Å². The molecule has 7 heteroatoms. The number of hydrogen-bond donors (Lipinski definition) is 2. The van der Waals surface area contributed by atoms with Crippen molar-refractivity contribution in [1.29, 1.82) is 0 Å². The molecule has 0 spiro atoms. The highest BCUT2D eigenvalue weighted by Gasteiger charge is 2.51. The van der Waals surface area contributed by atoms with Gasteiger partial charge in [-0.1, -0.05) is 12.1 Å². The van der Waals surface area contributed by atoms with Crippen molar-refractivity contribution in [3.8, 4) is 5.75 Å². The lowest BCUT2D eigenvalue weighted by atomic mass is 9.99. The third-order valence-electron chi connectivity index (χ3n) is 4.11. The van der Waals surface area contributed by atoms with Gasteiger partial charge in [0.05, 0.1) is 12.8 Å². The standard InChI is InChI=1S/C18H20N2O5/c1-12-5-3-6-14(9-12)25-11-13(21)10-20-16(22)18(2,19-17(20)23)15-7-4-8-24-15/h3-9,13,21H,10-11H2,1-2H3,(H,19,23)/t13-,18+/m1/s1. The number of β-amino-alcohol motifs (C(OH)–C–C–N with tert-alkyl or cyclic N) is 1. The highest BCUT2D eigenvalue weighted by molar-refractivity contribution is 6.06. The van der Waals surface area contributed by atoms with Crippen LogP contribution in [0.4, 0.5) is 4.79 Å². The maximum absolute atomic E-state index is 12.6. The Kier molecular flexibility index (Phi) is 4.50. The van der Waals surface area contributed by atoms with Crippen LogP contribution in [0.1, 0.15) is 18.2 Å². The third kappa shape index (κ3) is 3.36. The van der Waals surface area contributed by atoms with Crippen molar-refractivity contribution in [1.82, 2.24) is 10.2 Å². The molecule has 132 valence electrons. The normalized spacial score (nSPS) is 21.3. The summed E-state index contributed by atoms with van der Waals surface area (Å²) in [5, 5.41) is 12.8. The van der Waals surface area contributed by atoms with Crippen LogP contribution in [0.15, 0.2) is 47.1 Å². The lowest BCUT2D eigenvalue weighted by molar-refractivity contribution is -0.132. The van der Waals surface area contributed by atoms with Gasteiger partial charge in [-0.05, 0) is 43.7 Å². The van der Waals surface area contributed by atoms with Crippen LogP contribution < -0.4 is 10.1 Å². The average molecular weight is 344 g/mol. The minimum absolute atomic E-state index is 0.0298. The van der Waals surface area contributed by atoms with E-state index in [4.69, 9.17) is 9.15 Å². The molecule has 2 aromatic rings. The number of carbonyl (C=O) groups is 2. The summed E-state index contributed by atoms with van der Waals surface area (Å²) in [4.78, 5) is 25.8. The Labute approximate surface area is 145 Å². The van der Waals surface area contributed by atoms with Crippen LogP contribution in [0, 0.1) is 6.92 Å². The first-order valence-electron chi connectivity index (χ1n) is 7.96. The van der Waals surface area contributed by atoms with E-state index < -0.39 is 23.6 Å². The Hall–Kier alpha value is -2.80. The monoisotopic (exact) mass is 344 g/mol. The molecular weight excluding hydrogens is 324 g/mol. The summed E-state index contributed by atoms with van der Waals surface area (Å²) < 4.78 is 10.8. The number of benzene rings is 1. The van der Waals surface area contributed by atoms with Gasteiger partial charge in [0.1, 0.15) is 24.2 Å². The molecule has 0 saturated carbocycles. The first-order chi connectivity index (χ1) is 11.9. The fourth-order valence-electron chi connectivity index (χ4n) is 2.75. The van der Waals surface area contributed by atoms with Crippen molar-refractivity contribution in [3.05, 3.63) is 54.0 Å². The van der Waals surface area contributed by atoms with Gasteiger partial charge < -0.3 is 19.6 Å². The van der Waals surface area contributed by atoms with Crippen LogP contribution in [0.2, 0.25) is 0 Å². The number of imide groups is 1. The van der Waals surface area contributed by atoms with E-state index >= 15 is 0 Å². The summed E-state index contributed by atoms with van der Waals surface area (Å²) in [6, 6.07) is 10.1. The first-order valence-corrected chi connectivity index (χ1v) is 7.96. The Morgan fingerprint density at radius 1 is 1.32 bits per heavy atom. The molecule has 3 amide bonds. The number of nitrogens with one attached hydrogen (secondary N) is 1. The highest BCUT2D eigenvalue weighted by Crippen LogP contribution is 2.29. The molecule has 7 nitrogen and oxygen atoms in total. The Balaban J connectivity index is 1.62. The van der Waals surface area contributed by atoms with Crippen molar-refractivity contribution >= 4 is 11.9 Å². The van der Waals surface area contributed by atoms with Gasteiger partial charge in [0, 0.05) is 0 Å². The largest absolute Gasteiger partial charge is 0.491 e. The van der Waals surface area contributed by atoms with Gasteiger partial charge in [-0.15, -0.1) is 0 Å². The minimum atomic E-state index is -1.27. The summed E-state index contributed by atoms with van der Waals surface area (Å²) in [5.41, 5.74) is -0.229. The second-order valence-corrected chi connectivity index (χ2v) is 6.23. The maximum Gasteiger partial charge on any atom is 0.325 e. The molecule has 3 rings (SSSR count). The molecule has 2 N–H and O–H groups in total. The zero-order valence-corrected chi connectivity index (χ0v) is 14.1. The van der Waals surface area contributed by atoms with Gasteiger partial charge in [-0.25, -0.2) is 4.79 Å². The number of amides is 3. The average Bonchev–Trinajstić information content (AvgIpc) is 3.18. The molecule has 2 atom stereocenters. The molecule has 2 heterocycles. The smallest absolute Gasteiger partial charge is 0.325 e. The SMILES string of the molecule is Cc1cccc(OC[C@H](O)CN2C(=O)N[C@@](C)(c3ccco3)C2=O)c1. The fourth-order valence-corrected chi connectivity index (χ4v) is 2.75. The van der Waals surface area contributed by atoms with E-state index in [9.17, 15) is 14.7 Å². The van der Waals surface area contributed by atoms with Crippen LogP contribution in [-0.2, 0) is 10.3 Å². The number of ether oxygens (including phenoxy) is 1. The molecule has 1 aliphatic heterocycles. The number of aliphatic hydroxyl groups is 1. The van der Waals surface area contributed by atoms with Crippen LogP contribution >= 0.6 is 0 Å². The van der Waals surface area contributed by atoms with E-state index in [1.54, 1.807) is 25.1 Å². The lowest BCUT2D eigenvalue weighted by Crippen LogP contribution is -2.42. The molecule has 1 aromatic carbocycles. The predicted molar refractivity (Wildman–Crippen MR) is 89.0 cm³/mol. The number of nitrogens with zero attached hydrogens (tertiary/aromatic N) is 1. The van der Waals surface area contributed by atoms with Crippen LogP contribution in [0.3, 0.4) is 0 Å². The predicted octanol–water partition coefficient (Wildman–Crippen LogP) is 1.79. The quantitative estimate of drug-likeness (QED) is 0.780. The zero-order valence-electron chi connectivity index (χ0n) is 14.1. The van der Waals surface area contributed by atoms with E-state index in [-0.39, 0.29) is 13.2 Å². The lowest BCUT2D eigenvalue weighted by Gasteiger charge is -2.20. The number of furan rings is 1. The van der Waals surface area contributed by atoms with Crippen molar-refractivity contribution < 1.29 is 23.8 Å². The van der Waals surface area contributed by atoms with Crippen LogP contribution in [-0.4, -0.2) is 41.2 Å². The summed E-state index contributed by atoms with van der Waals surface area (Å²) in [6.45, 7) is 3.32. The van der Waals surface area contributed by atoms with E-state index in [1.165, 1.54) is 6.26 Å². The second-order valence-electron chi connectivity index (χ2n) is 6.23. The summed E-state index contributed by atoms with van der Waals surface area (Å²) in [5.74, 6) is 0.498. The van der Waals surface area contributed by atoms with Gasteiger partial charge in [0.15, 0.2) is 5.54 Å². The number of carbonyl (C=O) groups excluding carboxylic acids is 2. The number of urea groups is 1. The molecule has 0 bridgehead atoms. The summed E-state index contributed by atoms with van der Waals surface area (Å²) >= 11 is 0. The van der Waals surface area contributed by atoms with Gasteiger partial charge in [-0.3, -0.25) is 9.69 Å². The van der Waals surface area contributed by atoms with E-state index in [2.05, 4.69) is 5.32 Å². The topological polar surface area (TPSA) is 92.0 Å². The van der Waals surface area contributed by atoms with Crippen molar-refractivity contribution in [2.45, 2.75) is 25.5 Å². The Morgan fingerprint density at radius 3 is 2.80 bits per heavy atom. The van der Waals surface area contributed by atoms with E-state index in [1.807, 2.05) is 25.1 Å². The zero-order chi connectivity index (χ0) is 18.0. The molecule has 1 fully saturated rings. The maximum atomic E-state index is 12.6. The molecular formula is C18H20N2O5. The number of aryl methyl sites for hydroxylation is 1. The van der Waals surface area contributed by atoms with E-state index in [0.29, 0.717) is 11.5 Å². The number of aliphatic hydroxyl groups excluding tert-OH is 1. The minimum Gasteiger partial charge on any atom is -0.491 e. The van der Waals surface area contributed by atoms with Gasteiger partial charge in [0.25, 0.3) is 5.91 Å². The van der Waals surface area contributed by atoms with Gasteiger partial charge in [0.2, 0.25) is 0 Å². The second kappa shape index (κ2) is 6.60. The Bertz CT molecular complexity index is 774. The molecule has 1 aliphatic rings. The number of rotatable bonds is 6. The molecule has 1 aromatic heterocycles. The fraction of sp³-hybridized carbons (Fsp3) is 0.333. The molecule has 0 aliphatic carbocycles. The molecule has 25 heavy (non-hydrogen) atoms. The molecule has 0 unspecified atom stereocenters. The summed E-state index contributed by atoms with van der Waals surface area (Å²) in [6.07, 6.45) is 0.432. The first kappa shape index (κ1) is 17.0. The Morgan fingerprint density at radius 2 is 2.12 bits per heavy atom. The third-order valence-corrected chi connectivity index (χ3v) is 4.11. The molecule has 1 saturated heterocycles. The van der Waals surface area contributed by atoms with Crippen molar-refractivity contribution in [2.75, 3.05) is 13.2 Å². The van der Waals surface area contributed by atoms with Crippen LogP contribution in [0.5, 0.6) is 5.75 Å². The van der Waals surface area contributed by atoms with E-state index in [0.717, 1.165) is 10.5 Å². The molecule has 0 radical (unpaired) electrons.